The number of benzene rings is 3. The van der Waals surface area contributed by atoms with Crippen LogP contribution in [0.2, 0.25) is 0 Å². The van der Waals surface area contributed by atoms with Gasteiger partial charge in [-0.3, -0.25) is 9.59 Å². The number of rotatable bonds is 7. The van der Waals surface area contributed by atoms with E-state index in [0.717, 1.165) is 3.57 Å². The van der Waals surface area contributed by atoms with Gasteiger partial charge < -0.3 is 14.8 Å². The van der Waals surface area contributed by atoms with Crippen LogP contribution >= 0.6 is 22.6 Å². The molecule has 3 rings (SSSR count). The smallest absolute Gasteiger partial charge is 0.339 e. The molecule has 0 aromatic heterocycles. The molecular formula is C24H18IN3O5S. The fraction of sp³-hybridized carbons (Fsp3) is 0.0417. The van der Waals surface area contributed by atoms with Crippen LogP contribution in [0.3, 0.4) is 0 Å². The number of nitrogens with zero attached hydrogens (tertiary/aromatic N) is 1. The molecule has 2 N–H and O–H groups in total. The number of halogens is 1. The molecule has 0 atom stereocenters. The van der Waals surface area contributed by atoms with Gasteiger partial charge in [0.25, 0.3) is 5.91 Å². The summed E-state index contributed by atoms with van der Waals surface area (Å²) >= 11 is 2.14. The van der Waals surface area contributed by atoms with Gasteiger partial charge in [0, 0.05) is 21.9 Å². The standard InChI is InChI=1S/C24H18IN3O5S/c1-16(29)27-20-9-11-23(12-10-20)34(31,32)33-22-4-2-3-17(14-22)13-18(15-26)24(30)28-21-7-5-19(25)6-8-21/h2-14H,1H3,(H,27,29)(H,28,30)/b18-13+. The van der Waals surface area contributed by atoms with E-state index in [4.69, 9.17) is 4.18 Å². The summed E-state index contributed by atoms with van der Waals surface area (Å²) < 4.78 is 31.4. The topological polar surface area (TPSA) is 125 Å². The van der Waals surface area contributed by atoms with Crippen molar-refractivity contribution in [3.63, 3.8) is 0 Å². The highest BCUT2D eigenvalue weighted by Gasteiger charge is 2.17. The Bertz CT molecular complexity index is 1390. The van der Waals surface area contributed by atoms with Crippen molar-refractivity contribution >= 4 is 62.0 Å². The predicted octanol–water partition coefficient (Wildman–Crippen LogP) is 4.56. The van der Waals surface area contributed by atoms with Crippen molar-refractivity contribution in [3.05, 3.63) is 87.5 Å². The molecule has 0 fully saturated rings. The summed E-state index contributed by atoms with van der Waals surface area (Å²) in [5.74, 6) is -0.863. The molecule has 0 spiro atoms. The normalized spacial score (nSPS) is 11.3. The molecule has 0 radical (unpaired) electrons. The summed E-state index contributed by atoms with van der Waals surface area (Å²) in [5, 5.41) is 14.6. The molecule has 0 aliphatic carbocycles. The molecule has 0 saturated heterocycles. The van der Waals surface area contributed by atoms with E-state index in [-0.39, 0.29) is 22.1 Å². The molecule has 0 bridgehead atoms. The zero-order valence-electron chi connectivity index (χ0n) is 17.8. The maximum Gasteiger partial charge on any atom is 0.339 e. The van der Waals surface area contributed by atoms with Crippen molar-refractivity contribution in [2.24, 2.45) is 0 Å². The van der Waals surface area contributed by atoms with Gasteiger partial charge in [-0.2, -0.15) is 13.7 Å². The summed E-state index contributed by atoms with van der Waals surface area (Å²) in [4.78, 5) is 23.5. The minimum absolute atomic E-state index is 0.00928. The van der Waals surface area contributed by atoms with E-state index in [0.29, 0.717) is 16.9 Å². The van der Waals surface area contributed by atoms with Gasteiger partial charge in [-0.15, -0.1) is 0 Å². The number of carbonyl (C=O) groups excluding carboxylic acids is 2. The first-order valence-corrected chi connectivity index (χ1v) is 12.3. The Labute approximate surface area is 210 Å². The van der Waals surface area contributed by atoms with Gasteiger partial charge >= 0.3 is 10.1 Å². The molecule has 8 nitrogen and oxygen atoms in total. The summed E-state index contributed by atoms with van der Waals surface area (Å²) in [6.45, 7) is 1.35. The van der Waals surface area contributed by atoms with Crippen LogP contribution in [0.1, 0.15) is 12.5 Å². The van der Waals surface area contributed by atoms with Gasteiger partial charge in [0.2, 0.25) is 5.91 Å². The highest BCUT2D eigenvalue weighted by atomic mass is 127. The van der Waals surface area contributed by atoms with Crippen molar-refractivity contribution in [1.29, 1.82) is 5.26 Å². The maximum absolute atomic E-state index is 12.6. The highest BCUT2D eigenvalue weighted by molar-refractivity contribution is 14.1. The maximum atomic E-state index is 12.6. The molecule has 34 heavy (non-hydrogen) atoms. The summed E-state index contributed by atoms with van der Waals surface area (Å²) in [7, 11) is -4.15. The Morgan fingerprint density at radius 2 is 1.59 bits per heavy atom. The molecule has 0 unspecified atom stereocenters. The third kappa shape index (κ3) is 6.90. The Hall–Kier alpha value is -3.69. The molecule has 2 amide bonds. The van der Waals surface area contributed by atoms with Crippen LogP contribution in [-0.2, 0) is 19.7 Å². The third-order valence-electron chi connectivity index (χ3n) is 4.31. The number of anilines is 2. The number of nitrogens with one attached hydrogen (secondary N) is 2. The van der Waals surface area contributed by atoms with Gasteiger partial charge in [0.15, 0.2) is 0 Å². The zero-order chi connectivity index (χ0) is 24.7. The first kappa shape index (κ1) is 24.9. The SMILES string of the molecule is CC(=O)Nc1ccc(S(=O)(=O)Oc2cccc(/C=C(\C#N)C(=O)Nc3ccc(I)cc3)c2)cc1. The quantitative estimate of drug-likeness (QED) is 0.181. The van der Waals surface area contributed by atoms with Crippen LogP contribution in [-0.4, -0.2) is 20.2 Å². The number of hydrogen-bond donors (Lipinski definition) is 2. The lowest BCUT2D eigenvalue weighted by Crippen LogP contribution is -2.13. The van der Waals surface area contributed by atoms with E-state index in [1.807, 2.05) is 18.2 Å². The second kappa shape index (κ2) is 11.0. The average molecular weight is 587 g/mol. The van der Waals surface area contributed by atoms with E-state index in [1.165, 1.54) is 49.4 Å². The molecule has 0 aliphatic heterocycles. The van der Waals surface area contributed by atoms with Crippen LogP contribution in [0.15, 0.2) is 83.3 Å². The first-order valence-electron chi connectivity index (χ1n) is 9.77. The van der Waals surface area contributed by atoms with E-state index < -0.39 is 16.0 Å². The van der Waals surface area contributed by atoms with Crippen LogP contribution in [0, 0.1) is 14.9 Å². The lowest BCUT2D eigenvalue weighted by Gasteiger charge is -2.09. The molecule has 0 aliphatic rings. The summed E-state index contributed by atoms with van der Waals surface area (Å²) in [6, 6.07) is 20.4. The monoisotopic (exact) mass is 587 g/mol. The van der Waals surface area contributed by atoms with Gasteiger partial charge in [-0.05, 0) is 94.9 Å². The molecule has 3 aromatic rings. The molecule has 10 heteroatoms. The Balaban J connectivity index is 1.77. The van der Waals surface area contributed by atoms with Crippen LogP contribution < -0.4 is 14.8 Å². The fourth-order valence-electron chi connectivity index (χ4n) is 2.79. The van der Waals surface area contributed by atoms with Crippen LogP contribution in [0.25, 0.3) is 6.08 Å². The Morgan fingerprint density at radius 3 is 2.21 bits per heavy atom. The van der Waals surface area contributed by atoms with E-state index >= 15 is 0 Å². The second-order valence-electron chi connectivity index (χ2n) is 6.95. The number of amides is 2. The van der Waals surface area contributed by atoms with Crippen molar-refractivity contribution in [1.82, 2.24) is 0 Å². The lowest BCUT2D eigenvalue weighted by atomic mass is 10.1. The molecular weight excluding hydrogens is 569 g/mol. The zero-order valence-corrected chi connectivity index (χ0v) is 20.8. The van der Waals surface area contributed by atoms with Crippen LogP contribution in [0.4, 0.5) is 11.4 Å². The van der Waals surface area contributed by atoms with Crippen molar-refractivity contribution in [2.75, 3.05) is 10.6 Å². The van der Waals surface area contributed by atoms with E-state index in [2.05, 4.69) is 33.2 Å². The van der Waals surface area contributed by atoms with E-state index in [1.54, 1.807) is 24.3 Å². The van der Waals surface area contributed by atoms with Gasteiger partial charge in [0.1, 0.15) is 22.3 Å². The average Bonchev–Trinajstić information content (AvgIpc) is 2.79. The molecule has 172 valence electrons. The van der Waals surface area contributed by atoms with Crippen molar-refractivity contribution in [3.8, 4) is 11.8 Å². The largest absolute Gasteiger partial charge is 0.379 e. The fourth-order valence-corrected chi connectivity index (χ4v) is 4.07. The van der Waals surface area contributed by atoms with Gasteiger partial charge in [-0.1, -0.05) is 12.1 Å². The highest BCUT2D eigenvalue weighted by Crippen LogP contribution is 2.22. The summed E-state index contributed by atoms with van der Waals surface area (Å²) in [6.07, 6.45) is 1.34. The van der Waals surface area contributed by atoms with Crippen molar-refractivity contribution in [2.45, 2.75) is 11.8 Å². The third-order valence-corrected chi connectivity index (χ3v) is 6.29. The molecule has 0 heterocycles. The number of carbonyl (C=O) groups is 2. The minimum Gasteiger partial charge on any atom is -0.379 e. The molecule has 0 saturated carbocycles. The lowest BCUT2D eigenvalue weighted by molar-refractivity contribution is -0.114. The number of nitriles is 1. The molecule has 3 aromatic carbocycles. The van der Waals surface area contributed by atoms with Gasteiger partial charge in [0.05, 0.1) is 0 Å². The minimum atomic E-state index is -4.15. The summed E-state index contributed by atoms with van der Waals surface area (Å²) in [5.41, 5.74) is 1.24. The second-order valence-corrected chi connectivity index (χ2v) is 9.74. The van der Waals surface area contributed by atoms with Gasteiger partial charge in [-0.25, -0.2) is 0 Å². The predicted molar refractivity (Wildman–Crippen MR) is 136 cm³/mol. The van der Waals surface area contributed by atoms with E-state index in [9.17, 15) is 23.3 Å². The van der Waals surface area contributed by atoms with Crippen LogP contribution in [0.5, 0.6) is 5.75 Å². The Morgan fingerprint density at radius 1 is 0.971 bits per heavy atom. The first-order chi connectivity index (χ1) is 16.2. The Kier molecular flexibility index (Phi) is 8.04. The van der Waals surface area contributed by atoms with Crippen molar-refractivity contribution < 1.29 is 22.2 Å². The number of hydrogen-bond acceptors (Lipinski definition) is 6.